The summed E-state index contributed by atoms with van der Waals surface area (Å²) in [6.07, 6.45) is 2.58. The van der Waals surface area contributed by atoms with Crippen molar-refractivity contribution in [2.75, 3.05) is 26.2 Å². The number of hydrogen-bond acceptors (Lipinski definition) is 5. The second-order valence-electron chi connectivity index (χ2n) is 7.76. The van der Waals surface area contributed by atoms with Gasteiger partial charge in [0.1, 0.15) is 16.4 Å². The molecule has 1 aliphatic carbocycles. The number of rotatable bonds is 2. The molecule has 2 aliphatic heterocycles. The van der Waals surface area contributed by atoms with Crippen molar-refractivity contribution >= 4 is 29.1 Å². The van der Waals surface area contributed by atoms with Gasteiger partial charge in [0.2, 0.25) is 11.6 Å². The van der Waals surface area contributed by atoms with E-state index in [1.54, 1.807) is 11.0 Å². The molecule has 1 spiro atoms. The van der Waals surface area contributed by atoms with E-state index in [2.05, 4.69) is 4.98 Å². The van der Waals surface area contributed by atoms with E-state index in [0.717, 1.165) is 0 Å². The van der Waals surface area contributed by atoms with Crippen LogP contribution in [0.3, 0.4) is 0 Å². The minimum atomic E-state index is -3.37. The third-order valence-corrected chi connectivity index (χ3v) is 6.10. The topological polar surface area (TPSA) is 70.6 Å². The number of pyridine rings is 1. The first-order chi connectivity index (χ1) is 13.1. The molecule has 0 bridgehead atoms. The number of carbonyl (C=O) groups is 3. The van der Waals surface area contributed by atoms with Gasteiger partial charge in [-0.3, -0.25) is 19.4 Å². The Hall–Kier alpha value is -2.35. The Balaban J connectivity index is 1.46. The summed E-state index contributed by atoms with van der Waals surface area (Å²) in [5.41, 5.74) is 0.280. The van der Waals surface area contributed by atoms with Crippen molar-refractivity contribution < 1.29 is 23.2 Å². The molecular formula is C19H18ClF2N3O3. The van der Waals surface area contributed by atoms with Crippen LogP contribution < -0.4 is 0 Å². The highest BCUT2D eigenvalue weighted by Crippen LogP contribution is 2.44. The molecule has 1 aromatic heterocycles. The van der Waals surface area contributed by atoms with Crippen molar-refractivity contribution in [3.05, 3.63) is 40.3 Å². The molecule has 1 amide bonds. The van der Waals surface area contributed by atoms with E-state index in [1.807, 2.05) is 0 Å². The fraction of sp³-hybridized carbons (Fsp3) is 0.474. The normalized spacial score (nSPS) is 21.7. The fourth-order valence-corrected chi connectivity index (χ4v) is 4.50. The lowest BCUT2D eigenvalue weighted by Crippen LogP contribution is -2.62. The molecule has 148 valence electrons. The summed E-state index contributed by atoms with van der Waals surface area (Å²) in [7, 11) is 0. The predicted octanol–water partition coefficient (Wildman–Crippen LogP) is 2.49. The third kappa shape index (κ3) is 2.90. The van der Waals surface area contributed by atoms with Gasteiger partial charge in [0.25, 0.3) is 5.91 Å². The van der Waals surface area contributed by atoms with Crippen LogP contribution in [0, 0.1) is 5.41 Å². The predicted molar refractivity (Wildman–Crippen MR) is 96.2 cm³/mol. The van der Waals surface area contributed by atoms with Crippen molar-refractivity contribution in [3.8, 4) is 0 Å². The second-order valence-corrected chi connectivity index (χ2v) is 8.14. The number of Topliss-reactive ketones (excluding diaryl/α,β-unsaturated/α-hetero) is 2. The lowest BCUT2D eigenvalue weighted by Gasteiger charge is -2.55. The summed E-state index contributed by atoms with van der Waals surface area (Å²) in [4.78, 5) is 44.0. The molecule has 3 aliphatic rings. The van der Waals surface area contributed by atoms with E-state index in [0.29, 0.717) is 32.9 Å². The molecule has 0 unspecified atom stereocenters. The van der Waals surface area contributed by atoms with E-state index in [1.165, 1.54) is 17.2 Å². The number of amides is 1. The summed E-state index contributed by atoms with van der Waals surface area (Å²) in [5, 5.41) is -0.112. The van der Waals surface area contributed by atoms with Crippen molar-refractivity contribution in [1.29, 1.82) is 0 Å². The number of ketones is 2. The maximum Gasteiger partial charge on any atom is 0.322 e. The summed E-state index contributed by atoms with van der Waals surface area (Å²) in [6, 6.07) is 3.10. The van der Waals surface area contributed by atoms with Crippen LogP contribution in [0.15, 0.2) is 29.1 Å². The standard InChI is InChI=1S/C19H18ClF2N3O3/c1-18(21,22)17(28)24-7-4-19(5-8-24)9-25(10-19)14-12(20)15(26)11-3-2-6-23-13(11)16(14)27/h2-3,6H,4-5,7-10H2,1H3. The third-order valence-electron chi connectivity index (χ3n) is 5.75. The minimum Gasteiger partial charge on any atom is -0.366 e. The van der Waals surface area contributed by atoms with Crippen LogP contribution in [0.25, 0.3) is 0 Å². The molecule has 0 atom stereocenters. The van der Waals surface area contributed by atoms with Gasteiger partial charge in [0.15, 0.2) is 0 Å². The Bertz CT molecular complexity index is 909. The number of allylic oxidation sites excluding steroid dienone is 2. The van der Waals surface area contributed by atoms with Gasteiger partial charge in [0, 0.05) is 44.7 Å². The molecule has 0 aromatic carbocycles. The van der Waals surface area contributed by atoms with E-state index < -0.39 is 17.6 Å². The molecule has 6 nitrogen and oxygen atoms in total. The van der Waals surface area contributed by atoms with Gasteiger partial charge in [-0.25, -0.2) is 0 Å². The highest BCUT2D eigenvalue weighted by Gasteiger charge is 2.50. The van der Waals surface area contributed by atoms with Crippen molar-refractivity contribution in [2.24, 2.45) is 5.41 Å². The Morgan fingerprint density at radius 1 is 1.21 bits per heavy atom. The second kappa shape index (κ2) is 6.34. The van der Waals surface area contributed by atoms with Gasteiger partial charge in [0.05, 0.1) is 5.56 Å². The monoisotopic (exact) mass is 409 g/mol. The molecular weight excluding hydrogens is 392 g/mol. The van der Waals surface area contributed by atoms with Crippen molar-refractivity contribution in [3.63, 3.8) is 0 Å². The van der Waals surface area contributed by atoms with Gasteiger partial charge in [-0.05, 0) is 25.0 Å². The van der Waals surface area contributed by atoms with Crippen LogP contribution in [-0.4, -0.2) is 64.4 Å². The Labute approximate surface area is 165 Å². The Morgan fingerprint density at radius 3 is 2.46 bits per heavy atom. The van der Waals surface area contributed by atoms with Crippen LogP contribution in [0.5, 0.6) is 0 Å². The average Bonchev–Trinajstić information content (AvgIpc) is 2.64. The summed E-state index contributed by atoms with van der Waals surface area (Å²) in [5.74, 6) is -5.33. The smallest absolute Gasteiger partial charge is 0.322 e. The molecule has 4 rings (SSSR count). The van der Waals surface area contributed by atoms with E-state index in [9.17, 15) is 23.2 Å². The Kier molecular flexibility index (Phi) is 4.30. The number of fused-ring (bicyclic) bond motifs is 1. The SMILES string of the molecule is CC(F)(F)C(=O)N1CCC2(CC1)CN(C1=C(Cl)C(=O)c3cccnc3C1=O)C2. The largest absolute Gasteiger partial charge is 0.366 e. The quantitative estimate of drug-likeness (QED) is 0.750. The van der Waals surface area contributed by atoms with Crippen LogP contribution in [0.2, 0.25) is 0 Å². The first kappa shape index (κ1) is 19.0. The number of nitrogens with zero attached hydrogens (tertiary/aromatic N) is 3. The van der Waals surface area contributed by atoms with Crippen LogP contribution in [0.1, 0.15) is 40.6 Å². The number of hydrogen-bond donors (Lipinski definition) is 0. The molecule has 3 heterocycles. The molecule has 1 aromatic rings. The van der Waals surface area contributed by atoms with Crippen LogP contribution in [-0.2, 0) is 4.79 Å². The lowest BCUT2D eigenvalue weighted by atomic mass is 9.71. The number of alkyl halides is 2. The molecule has 0 saturated carbocycles. The molecule has 2 saturated heterocycles. The van der Waals surface area contributed by atoms with Gasteiger partial charge in [-0.1, -0.05) is 11.6 Å². The van der Waals surface area contributed by atoms with Gasteiger partial charge in [-0.2, -0.15) is 8.78 Å². The molecule has 28 heavy (non-hydrogen) atoms. The zero-order valence-corrected chi connectivity index (χ0v) is 15.9. The van der Waals surface area contributed by atoms with Gasteiger partial charge < -0.3 is 9.80 Å². The van der Waals surface area contributed by atoms with Crippen LogP contribution in [0.4, 0.5) is 8.78 Å². The van der Waals surface area contributed by atoms with Gasteiger partial charge in [-0.15, -0.1) is 0 Å². The highest BCUT2D eigenvalue weighted by atomic mass is 35.5. The molecule has 0 N–H and O–H groups in total. The number of piperidine rings is 1. The van der Waals surface area contributed by atoms with E-state index >= 15 is 0 Å². The fourth-order valence-electron chi connectivity index (χ4n) is 4.19. The zero-order chi connectivity index (χ0) is 20.3. The first-order valence-electron chi connectivity index (χ1n) is 8.99. The lowest BCUT2D eigenvalue weighted by molar-refractivity contribution is -0.159. The highest BCUT2D eigenvalue weighted by molar-refractivity contribution is 6.49. The molecule has 2 fully saturated rings. The van der Waals surface area contributed by atoms with E-state index in [-0.39, 0.29) is 46.3 Å². The Morgan fingerprint density at radius 2 is 1.86 bits per heavy atom. The maximum absolute atomic E-state index is 13.2. The van der Waals surface area contributed by atoms with Crippen LogP contribution >= 0.6 is 11.6 Å². The molecule has 0 radical (unpaired) electrons. The number of aromatic nitrogens is 1. The van der Waals surface area contributed by atoms with E-state index in [4.69, 9.17) is 11.6 Å². The minimum absolute atomic E-state index is 0.0958. The van der Waals surface area contributed by atoms with Crippen molar-refractivity contribution in [1.82, 2.24) is 14.8 Å². The number of halogens is 3. The number of carbonyl (C=O) groups excluding carboxylic acids is 3. The molecule has 9 heteroatoms. The zero-order valence-electron chi connectivity index (χ0n) is 15.2. The van der Waals surface area contributed by atoms with Gasteiger partial charge >= 0.3 is 5.92 Å². The first-order valence-corrected chi connectivity index (χ1v) is 9.37. The maximum atomic E-state index is 13.2. The summed E-state index contributed by atoms with van der Waals surface area (Å²) < 4.78 is 26.5. The summed E-state index contributed by atoms with van der Waals surface area (Å²) >= 11 is 6.21. The summed E-state index contributed by atoms with van der Waals surface area (Å²) in [6.45, 7) is 2.09. The average molecular weight is 410 g/mol. The number of likely N-dealkylation sites (tertiary alicyclic amines) is 2. The van der Waals surface area contributed by atoms with Crippen molar-refractivity contribution in [2.45, 2.75) is 25.7 Å².